The molecule has 3 unspecified atom stereocenters. The van der Waals surface area contributed by atoms with E-state index in [9.17, 15) is 5.11 Å². The van der Waals surface area contributed by atoms with Crippen molar-refractivity contribution in [2.45, 2.75) is 70.9 Å². The van der Waals surface area contributed by atoms with Crippen molar-refractivity contribution in [2.24, 2.45) is 11.8 Å². The van der Waals surface area contributed by atoms with E-state index in [-0.39, 0.29) is 0 Å². The van der Waals surface area contributed by atoms with Gasteiger partial charge >= 0.3 is 0 Å². The van der Waals surface area contributed by atoms with Gasteiger partial charge in [0.25, 0.3) is 0 Å². The first kappa shape index (κ1) is 16.3. The Balaban J connectivity index is 1.89. The maximum absolute atomic E-state index is 9.34. The Bertz CT molecular complexity index is 266. The molecule has 118 valence electrons. The van der Waals surface area contributed by atoms with Crippen molar-refractivity contribution in [3.63, 3.8) is 0 Å². The van der Waals surface area contributed by atoms with Gasteiger partial charge in [0, 0.05) is 25.2 Å². The van der Waals surface area contributed by atoms with E-state index in [1.54, 1.807) is 0 Å². The van der Waals surface area contributed by atoms with Gasteiger partial charge in [0.1, 0.15) is 0 Å². The van der Waals surface area contributed by atoms with Crippen LogP contribution in [0.5, 0.6) is 0 Å². The maximum Gasteiger partial charge on any atom is 0.0558 e. The number of rotatable bonds is 8. The van der Waals surface area contributed by atoms with Crippen LogP contribution in [0, 0.1) is 11.8 Å². The normalized spacial score (nSPS) is 31.5. The van der Waals surface area contributed by atoms with Gasteiger partial charge in [0.05, 0.1) is 6.61 Å². The van der Waals surface area contributed by atoms with Crippen molar-refractivity contribution in [3.05, 3.63) is 0 Å². The summed E-state index contributed by atoms with van der Waals surface area (Å²) in [5.74, 6) is 1.65. The van der Waals surface area contributed by atoms with E-state index in [2.05, 4.69) is 24.1 Å². The van der Waals surface area contributed by atoms with Gasteiger partial charge in [-0.05, 0) is 56.9 Å². The number of hydrogen-bond donors (Lipinski definition) is 2. The molecule has 0 spiro atoms. The van der Waals surface area contributed by atoms with Crippen LogP contribution in [0.15, 0.2) is 0 Å². The summed E-state index contributed by atoms with van der Waals surface area (Å²) in [6.07, 6.45) is 9.36. The second kappa shape index (κ2) is 8.35. The first-order valence-corrected chi connectivity index (χ1v) is 8.82. The molecule has 2 rings (SSSR count). The van der Waals surface area contributed by atoms with E-state index in [0.717, 1.165) is 31.0 Å². The first-order valence-electron chi connectivity index (χ1n) is 8.82. The smallest absolute Gasteiger partial charge is 0.0558 e. The molecule has 2 saturated carbocycles. The van der Waals surface area contributed by atoms with Gasteiger partial charge < -0.3 is 10.4 Å². The molecule has 2 fully saturated rings. The Morgan fingerprint density at radius 3 is 2.60 bits per heavy atom. The average Bonchev–Trinajstić information content (AvgIpc) is 2.36. The van der Waals surface area contributed by atoms with Gasteiger partial charge in [0.15, 0.2) is 0 Å². The number of nitrogens with zero attached hydrogens (tertiary/aromatic N) is 1. The van der Waals surface area contributed by atoms with E-state index in [0.29, 0.717) is 12.6 Å². The fourth-order valence-electron chi connectivity index (χ4n) is 3.90. The van der Waals surface area contributed by atoms with Crippen LogP contribution in [0.1, 0.15) is 58.8 Å². The summed E-state index contributed by atoms with van der Waals surface area (Å²) in [6.45, 7) is 8.18. The summed E-state index contributed by atoms with van der Waals surface area (Å²) >= 11 is 0. The Kier molecular flexibility index (Phi) is 6.79. The number of aliphatic hydroxyl groups excluding tert-OH is 1. The van der Waals surface area contributed by atoms with Crippen LogP contribution < -0.4 is 5.32 Å². The summed E-state index contributed by atoms with van der Waals surface area (Å²) < 4.78 is 0. The van der Waals surface area contributed by atoms with E-state index in [1.165, 1.54) is 51.5 Å². The largest absolute Gasteiger partial charge is 0.395 e. The molecule has 3 atom stereocenters. The molecule has 0 heterocycles. The highest BCUT2D eigenvalue weighted by Crippen LogP contribution is 2.32. The molecule has 0 aromatic carbocycles. The molecule has 0 radical (unpaired) electrons. The minimum absolute atomic E-state index is 0.311. The van der Waals surface area contributed by atoms with Crippen LogP contribution in [-0.2, 0) is 0 Å². The van der Waals surface area contributed by atoms with Crippen LogP contribution in [-0.4, -0.2) is 48.3 Å². The van der Waals surface area contributed by atoms with Crippen molar-refractivity contribution < 1.29 is 5.11 Å². The lowest BCUT2D eigenvalue weighted by atomic mass is 9.77. The molecule has 0 amide bonds. The van der Waals surface area contributed by atoms with Crippen LogP contribution in [0.3, 0.4) is 0 Å². The molecule has 0 aromatic heterocycles. The fraction of sp³-hybridized carbons (Fsp3) is 1.00. The zero-order valence-corrected chi connectivity index (χ0v) is 13.5. The topological polar surface area (TPSA) is 35.5 Å². The van der Waals surface area contributed by atoms with Gasteiger partial charge in [0.2, 0.25) is 0 Å². The average molecular weight is 282 g/mol. The lowest BCUT2D eigenvalue weighted by molar-refractivity contribution is 0.0620. The van der Waals surface area contributed by atoms with Crippen LogP contribution in [0.4, 0.5) is 0 Å². The molecular formula is C17H34N2O. The summed E-state index contributed by atoms with van der Waals surface area (Å²) in [7, 11) is 0. The number of hydrogen-bond acceptors (Lipinski definition) is 3. The Morgan fingerprint density at radius 1 is 1.20 bits per heavy atom. The highest BCUT2D eigenvalue weighted by molar-refractivity contribution is 4.88. The van der Waals surface area contributed by atoms with Crippen molar-refractivity contribution in [1.82, 2.24) is 10.2 Å². The van der Waals surface area contributed by atoms with Crippen molar-refractivity contribution in [2.75, 3.05) is 26.2 Å². The minimum atomic E-state index is 0.311. The van der Waals surface area contributed by atoms with Crippen LogP contribution in [0.2, 0.25) is 0 Å². The van der Waals surface area contributed by atoms with E-state index >= 15 is 0 Å². The molecule has 3 nitrogen and oxygen atoms in total. The molecule has 0 aromatic rings. The molecular weight excluding hydrogens is 248 g/mol. The molecule has 2 N–H and O–H groups in total. The highest BCUT2D eigenvalue weighted by Gasteiger charge is 2.32. The number of aliphatic hydroxyl groups is 1. The first-order chi connectivity index (χ1) is 9.74. The highest BCUT2D eigenvalue weighted by atomic mass is 16.3. The zero-order chi connectivity index (χ0) is 14.4. The van der Waals surface area contributed by atoms with Gasteiger partial charge in [-0.3, -0.25) is 4.90 Å². The van der Waals surface area contributed by atoms with Gasteiger partial charge in [-0.2, -0.15) is 0 Å². The summed E-state index contributed by atoms with van der Waals surface area (Å²) in [4.78, 5) is 2.58. The third-order valence-electron chi connectivity index (χ3n) is 5.35. The van der Waals surface area contributed by atoms with Crippen molar-refractivity contribution >= 4 is 0 Å². The second-order valence-corrected chi connectivity index (χ2v) is 7.04. The van der Waals surface area contributed by atoms with E-state index in [1.807, 2.05) is 0 Å². The van der Waals surface area contributed by atoms with E-state index < -0.39 is 0 Å². The Labute approximate surface area is 125 Å². The second-order valence-electron chi connectivity index (χ2n) is 7.04. The Morgan fingerprint density at radius 2 is 2.00 bits per heavy atom. The quantitative estimate of drug-likeness (QED) is 0.718. The molecule has 3 heteroatoms. The van der Waals surface area contributed by atoms with Gasteiger partial charge in [-0.25, -0.2) is 0 Å². The van der Waals surface area contributed by atoms with Gasteiger partial charge in [-0.1, -0.05) is 20.3 Å². The lowest BCUT2D eigenvalue weighted by Gasteiger charge is -2.43. The molecule has 20 heavy (non-hydrogen) atoms. The Hall–Kier alpha value is -0.120. The summed E-state index contributed by atoms with van der Waals surface area (Å²) in [6, 6.07) is 1.46. The van der Waals surface area contributed by atoms with Gasteiger partial charge in [-0.15, -0.1) is 0 Å². The standard InChI is InChI=1S/C17H34N2O/c1-3-9-18-17-8-7-14(2)12-15(17)13-19(10-11-20)16-5-4-6-16/h14-18,20H,3-13H2,1-2H3. The van der Waals surface area contributed by atoms with Crippen molar-refractivity contribution in [3.8, 4) is 0 Å². The summed E-state index contributed by atoms with van der Waals surface area (Å²) in [5, 5.41) is 13.1. The molecule has 2 aliphatic rings. The van der Waals surface area contributed by atoms with Crippen LogP contribution >= 0.6 is 0 Å². The molecule has 0 saturated heterocycles. The van der Waals surface area contributed by atoms with E-state index in [4.69, 9.17) is 0 Å². The molecule has 0 aliphatic heterocycles. The number of nitrogens with one attached hydrogen (secondary N) is 1. The SMILES string of the molecule is CCCNC1CCC(C)CC1CN(CCO)C1CCC1. The maximum atomic E-state index is 9.34. The summed E-state index contributed by atoms with van der Waals surface area (Å²) in [5.41, 5.74) is 0. The lowest BCUT2D eigenvalue weighted by Crippen LogP contribution is -2.50. The van der Waals surface area contributed by atoms with Crippen LogP contribution in [0.25, 0.3) is 0 Å². The van der Waals surface area contributed by atoms with Crippen molar-refractivity contribution in [1.29, 1.82) is 0 Å². The third-order valence-corrected chi connectivity index (χ3v) is 5.35. The monoisotopic (exact) mass is 282 g/mol. The predicted octanol–water partition coefficient (Wildman–Crippen LogP) is 2.64. The predicted molar refractivity (Wildman–Crippen MR) is 84.9 cm³/mol. The molecule has 2 aliphatic carbocycles. The zero-order valence-electron chi connectivity index (χ0n) is 13.5. The molecule has 0 bridgehead atoms. The third kappa shape index (κ3) is 4.44. The fourth-order valence-corrected chi connectivity index (χ4v) is 3.90. The minimum Gasteiger partial charge on any atom is -0.395 e.